The maximum absolute atomic E-state index is 12.3. The summed E-state index contributed by atoms with van der Waals surface area (Å²) in [7, 11) is 0. The van der Waals surface area contributed by atoms with Crippen molar-refractivity contribution >= 4 is 34.4 Å². The highest BCUT2D eigenvalue weighted by Crippen LogP contribution is 2.24. The smallest absolute Gasteiger partial charge is 0.326 e. The Hall–Kier alpha value is -2.79. The van der Waals surface area contributed by atoms with Crippen LogP contribution in [0.5, 0.6) is 0 Å². The molecule has 5 nitrogen and oxygen atoms in total. The molecule has 128 valence electrons. The number of aromatic nitrogens is 1. The highest BCUT2D eigenvalue weighted by molar-refractivity contribution is 6.35. The van der Waals surface area contributed by atoms with E-state index in [1.165, 1.54) is 0 Å². The second-order valence-corrected chi connectivity index (χ2v) is 6.17. The molecule has 0 spiro atoms. The fourth-order valence-electron chi connectivity index (χ4n) is 2.77. The number of nitrogens with zero attached hydrogens (tertiary/aromatic N) is 1. The fraction of sp³-hybridized carbons (Fsp3) is 0.158. The Balaban J connectivity index is 1.71. The summed E-state index contributed by atoms with van der Waals surface area (Å²) in [6.07, 6.45) is 2.00. The van der Waals surface area contributed by atoms with Crippen molar-refractivity contribution in [2.45, 2.75) is 19.0 Å². The van der Waals surface area contributed by atoms with Crippen LogP contribution in [0.4, 0.5) is 0 Å². The second-order valence-electron chi connectivity index (χ2n) is 5.76. The monoisotopic (exact) mass is 356 g/mol. The lowest BCUT2D eigenvalue weighted by Gasteiger charge is -2.15. The van der Waals surface area contributed by atoms with E-state index < -0.39 is 12.0 Å². The van der Waals surface area contributed by atoms with Gasteiger partial charge in [-0.15, -0.1) is 0 Å². The first-order valence-electron chi connectivity index (χ1n) is 7.84. The van der Waals surface area contributed by atoms with Crippen LogP contribution in [0.1, 0.15) is 5.56 Å². The van der Waals surface area contributed by atoms with Gasteiger partial charge in [0, 0.05) is 28.5 Å². The molecule has 3 aromatic rings. The molecule has 1 heterocycles. The number of carboxylic acids is 1. The summed E-state index contributed by atoms with van der Waals surface area (Å²) in [6, 6.07) is 15.5. The van der Waals surface area contributed by atoms with Gasteiger partial charge in [-0.25, -0.2) is 4.79 Å². The van der Waals surface area contributed by atoms with Gasteiger partial charge in [0.25, 0.3) is 0 Å². The molecule has 0 aliphatic heterocycles. The number of halogens is 1. The van der Waals surface area contributed by atoms with Crippen LogP contribution < -0.4 is 5.32 Å². The average Bonchev–Trinajstić information content (AvgIpc) is 2.99. The molecular formula is C19H17ClN2O3. The number of fused-ring (bicyclic) bond motifs is 1. The van der Waals surface area contributed by atoms with Crippen LogP contribution in [0.2, 0.25) is 5.02 Å². The van der Waals surface area contributed by atoms with Crippen LogP contribution in [0.25, 0.3) is 10.9 Å². The zero-order valence-corrected chi connectivity index (χ0v) is 14.1. The molecule has 0 saturated heterocycles. The summed E-state index contributed by atoms with van der Waals surface area (Å²) >= 11 is 6.13. The lowest BCUT2D eigenvalue weighted by molar-refractivity contribution is -0.141. The SMILES string of the molecule is O=C(Cn1ccc2c(Cl)cccc21)NC(Cc1ccccc1)C(=O)O. The largest absolute Gasteiger partial charge is 0.480 e. The molecule has 2 N–H and O–H groups in total. The van der Waals surface area contributed by atoms with Crippen molar-refractivity contribution in [1.82, 2.24) is 9.88 Å². The van der Waals surface area contributed by atoms with E-state index in [1.54, 1.807) is 16.8 Å². The summed E-state index contributed by atoms with van der Waals surface area (Å²) in [6.45, 7) is 0.0302. The standard InChI is InChI=1S/C19H17ClN2O3/c20-15-7-4-8-17-14(15)9-10-22(17)12-18(23)21-16(19(24)25)11-13-5-2-1-3-6-13/h1-10,16H,11-12H2,(H,21,23)(H,24,25). The van der Waals surface area contributed by atoms with Crippen LogP contribution in [0.15, 0.2) is 60.8 Å². The quantitative estimate of drug-likeness (QED) is 0.713. The van der Waals surface area contributed by atoms with Crippen LogP contribution in [-0.4, -0.2) is 27.6 Å². The van der Waals surface area contributed by atoms with Gasteiger partial charge in [-0.1, -0.05) is 48.0 Å². The van der Waals surface area contributed by atoms with Crippen LogP contribution in [0.3, 0.4) is 0 Å². The number of carbonyl (C=O) groups excluding carboxylic acids is 1. The van der Waals surface area contributed by atoms with Crippen molar-refractivity contribution in [3.63, 3.8) is 0 Å². The molecule has 0 fully saturated rings. The lowest BCUT2D eigenvalue weighted by atomic mass is 10.1. The predicted molar refractivity (Wildman–Crippen MR) is 96.7 cm³/mol. The molecule has 0 aliphatic rings. The first-order valence-corrected chi connectivity index (χ1v) is 8.22. The summed E-state index contributed by atoms with van der Waals surface area (Å²) in [5.41, 5.74) is 1.69. The van der Waals surface area contributed by atoms with E-state index in [0.717, 1.165) is 16.5 Å². The molecule has 0 bridgehead atoms. The Morgan fingerprint density at radius 3 is 2.56 bits per heavy atom. The lowest BCUT2D eigenvalue weighted by Crippen LogP contribution is -2.43. The van der Waals surface area contributed by atoms with Gasteiger partial charge in [0.1, 0.15) is 12.6 Å². The van der Waals surface area contributed by atoms with E-state index in [4.69, 9.17) is 11.6 Å². The van der Waals surface area contributed by atoms with Gasteiger partial charge in [-0.2, -0.15) is 0 Å². The number of hydrogen-bond acceptors (Lipinski definition) is 2. The molecule has 3 rings (SSSR count). The number of amides is 1. The predicted octanol–water partition coefficient (Wildman–Crippen LogP) is 3.11. The van der Waals surface area contributed by atoms with Crippen molar-refractivity contribution in [3.8, 4) is 0 Å². The Morgan fingerprint density at radius 2 is 1.84 bits per heavy atom. The normalized spacial score (nSPS) is 12.0. The summed E-state index contributed by atoms with van der Waals surface area (Å²) in [5, 5.41) is 13.4. The third-order valence-electron chi connectivity index (χ3n) is 3.99. The first kappa shape index (κ1) is 17.0. The molecular weight excluding hydrogens is 340 g/mol. The van der Waals surface area contributed by atoms with Gasteiger partial charge in [-0.05, 0) is 23.8 Å². The molecule has 2 aromatic carbocycles. The Labute approximate surface area is 149 Å². The Morgan fingerprint density at radius 1 is 1.08 bits per heavy atom. The van der Waals surface area contributed by atoms with Gasteiger partial charge >= 0.3 is 5.97 Å². The zero-order chi connectivity index (χ0) is 17.8. The molecule has 1 atom stereocenters. The Kier molecular flexibility index (Phi) is 5.05. The highest BCUT2D eigenvalue weighted by Gasteiger charge is 2.20. The van der Waals surface area contributed by atoms with Gasteiger partial charge in [0.05, 0.1) is 0 Å². The van der Waals surface area contributed by atoms with E-state index in [2.05, 4.69) is 5.32 Å². The third-order valence-corrected chi connectivity index (χ3v) is 4.32. The van der Waals surface area contributed by atoms with Crippen LogP contribution in [-0.2, 0) is 22.6 Å². The van der Waals surface area contributed by atoms with Crippen molar-refractivity contribution in [1.29, 1.82) is 0 Å². The number of aliphatic carboxylic acids is 1. The fourth-order valence-corrected chi connectivity index (χ4v) is 3.00. The van der Waals surface area contributed by atoms with E-state index in [1.807, 2.05) is 48.5 Å². The van der Waals surface area contributed by atoms with Gasteiger partial charge in [-0.3, -0.25) is 4.79 Å². The van der Waals surface area contributed by atoms with E-state index in [9.17, 15) is 14.7 Å². The van der Waals surface area contributed by atoms with Crippen LogP contribution in [0, 0.1) is 0 Å². The molecule has 1 aromatic heterocycles. The molecule has 1 amide bonds. The van der Waals surface area contributed by atoms with Crippen molar-refractivity contribution in [3.05, 3.63) is 71.4 Å². The summed E-state index contributed by atoms with van der Waals surface area (Å²) in [5.74, 6) is -1.42. The van der Waals surface area contributed by atoms with Gasteiger partial charge in [0.15, 0.2) is 0 Å². The van der Waals surface area contributed by atoms with E-state index in [0.29, 0.717) is 5.02 Å². The number of rotatable bonds is 6. The number of hydrogen-bond donors (Lipinski definition) is 2. The minimum atomic E-state index is -1.06. The number of nitrogens with one attached hydrogen (secondary N) is 1. The first-order chi connectivity index (χ1) is 12.0. The molecule has 0 radical (unpaired) electrons. The molecule has 0 aliphatic carbocycles. The minimum Gasteiger partial charge on any atom is -0.480 e. The molecule has 1 unspecified atom stereocenters. The minimum absolute atomic E-state index is 0.0302. The zero-order valence-electron chi connectivity index (χ0n) is 13.4. The number of benzene rings is 2. The second kappa shape index (κ2) is 7.40. The highest BCUT2D eigenvalue weighted by atomic mass is 35.5. The molecule has 6 heteroatoms. The Bertz CT molecular complexity index is 905. The number of carboxylic acid groups (broad SMARTS) is 1. The topological polar surface area (TPSA) is 71.3 Å². The molecule has 25 heavy (non-hydrogen) atoms. The summed E-state index contributed by atoms with van der Waals surface area (Å²) in [4.78, 5) is 23.8. The third kappa shape index (κ3) is 4.00. The average molecular weight is 357 g/mol. The van der Waals surface area contributed by atoms with Gasteiger partial charge in [0.2, 0.25) is 5.91 Å². The maximum Gasteiger partial charge on any atom is 0.326 e. The van der Waals surface area contributed by atoms with Crippen molar-refractivity contribution in [2.75, 3.05) is 0 Å². The van der Waals surface area contributed by atoms with Crippen molar-refractivity contribution < 1.29 is 14.7 Å². The van der Waals surface area contributed by atoms with Crippen LogP contribution >= 0.6 is 11.6 Å². The maximum atomic E-state index is 12.3. The van der Waals surface area contributed by atoms with E-state index >= 15 is 0 Å². The number of carbonyl (C=O) groups is 2. The van der Waals surface area contributed by atoms with Gasteiger partial charge < -0.3 is 15.0 Å². The van der Waals surface area contributed by atoms with Crippen molar-refractivity contribution in [2.24, 2.45) is 0 Å². The molecule has 0 saturated carbocycles. The summed E-state index contributed by atoms with van der Waals surface area (Å²) < 4.78 is 1.75. The van der Waals surface area contributed by atoms with E-state index in [-0.39, 0.29) is 18.9 Å².